The molecule has 112 valence electrons. The fourth-order valence-corrected chi connectivity index (χ4v) is 4.36. The van der Waals surface area contributed by atoms with Gasteiger partial charge >= 0.3 is 0 Å². The van der Waals surface area contributed by atoms with Gasteiger partial charge in [0.15, 0.2) is 5.15 Å². The minimum absolute atomic E-state index is 0.0599. The number of aromatic nitrogens is 1. The number of anilines is 2. The Labute approximate surface area is 140 Å². The molecule has 0 saturated carbocycles. The van der Waals surface area contributed by atoms with E-state index in [4.69, 9.17) is 28.9 Å². The summed E-state index contributed by atoms with van der Waals surface area (Å²) in [6.07, 6.45) is 1.49. The number of nitrogens with one attached hydrogen (secondary N) is 1. The Bertz CT molecular complexity index is 792. The molecule has 3 N–H and O–H groups in total. The molecule has 1 aromatic heterocycles. The average molecular weight is 411 g/mol. The summed E-state index contributed by atoms with van der Waals surface area (Å²) in [4.78, 5) is 3.77. The van der Waals surface area contributed by atoms with Gasteiger partial charge in [-0.1, -0.05) is 23.2 Å². The Morgan fingerprint density at radius 3 is 2.62 bits per heavy atom. The molecule has 21 heavy (non-hydrogen) atoms. The topological polar surface area (TPSA) is 85.1 Å². The van der Waals surface area contributed by atoms with Gasteiger partial charge in [0.05, 0.1) is 10.2 Å². The molecule has 1 heterocycles. The van der Waals surface area contributed by atoms with Gasteiger partial charge in [0.2, 0.25) is 0 Å². The number of nitrogens with zero attached hydrogens (tertiary/aromatic N) is 1. The summed E-state index contributed by atoms with van der Waals surface area (Å²) in [6.45, 7) is 1.72. The van der Waals surface area contributed by atoms with E-state index < -0.39 is 10.0 Å². The number of nitrogens with two attached hydrogens (primary N) is 1. The van der Waals surface area contributed by atoms with Crippen LogP contribution in [0.1, 0.15) is 5.56 Å². The van der Waals surface area contributed by atoms with Crippen molar-refractivity contribution in [2.24, 2.45) is 0 Å². The number of pyridine rings is 1. The molecule has 0 amide bonds. The van der Waals surface area contributed by atoms with E-state index in [0.29, 0.717) is 5.56 Å². The lowest BCUT2D eigenvalue weighted by molar-refractivity contribution is 0.600. The second-order valence-electron chi connectivity index (χ2n) is 4.21. The van der Waals surface area contributed by atoms with E-state index in [1.807, 2.05) is 0 Å². The van der Waals surface area contributed by atoms with E-state index in [1.165, 1.54) is 18.3 Å². The zero-order chi connectivity index (χ0) is 15.8. The number of benzene rings is 1. The van der Waals surface area contributed by atoms with Gasteiger partial charge in [-0.2, -0.15) is 0 Å². The zero-order valence-corrected chi connectivity index (χ0v) is 14.6. The first kappa shape index (κ1) is 16.4. The largest absolute Gasteiger partial charge is 0.398 e. The van der Waals surface area contributed by atoms with Crippen LogP contribution in [0.25, 0.3) is 0 Å². The summed E-state index contributed by atoms with van der Waals surface area (Å²) in [5.41, 5.74) is 6.78. The van der Waals surface area contributed by atoms with Gasteiger partial charge in [-0.15, -0.1) is 0 Å². The molecular formula is C12H10BrCl2N3O2S. The second kappa shape index (κ2) is 6.00. The number of rotatable bonds is 3. The fraction of sp³-hybridized carbons (Fsp3) is 0.0833. The lowest BCUT2D eigenvalue weighted by atomic mass is 10.3. The lowest BCUT2D eigenvalue weighted by Crippen LogP contribution is -2.15. The number of aryl methyl sites for hydroxylation is 1. The van der Waals surface area contributed by atoms with Crippen LogP contribution in [-0.2, 0) is 10.0 Å². The first-order valence-corrected chi connectivity index (χ1v) is 8.64. The predicted octanol–water partition coefficient (Wildman–Crippen LogP) is 3.84. The Morgan fingerprint density at radius 1 is 1.33 bits per heavy atom. The predicted molar refractivity (Wildman–Crippen MR) is 88.4 cm³/mol. The Morgan fingerprint density at radius 2 is 2.00 bits per heavy atom. The van der Waals surface area contributed by atoms with Gasteiger partial charge in [-0.25, -0.2) is 13.4 Å². The molecule has 0 spiro atoms. The van der Waals surface area contributed by atoms with Gasteiger partial charge in [0, 0.05) is 16.9 Å². The van der Waals surface area contributed by atoms with Gasteiger partial charge in [-0.05, 0) is 46.6 Å². The monoisotopic (exact) mass is 409 g/mol. The number of nitrogen functional groups attached to an aromatic ring is 1. The standard InChI is InChI=1S/C12H10BrCl2N3O2S/c1-6-2-3-17-12(15)11(6)18-21(19,20)9-5-7(14)4-8(16)10(9)13/h2-5,18H,16H2,1H3. The van der Waals surface area contributed by atoms with E-state index in [9.17, 15) is 8.42 Å². The third-order valence-corrected chi connectivity index (χ3v) is 5.70. The molecule has 0 aliphatic heterocycles. The van der Waals surface area contributed by atoms with Crippen LogP contribution >= 0.6 is 39.1 Å². The van der Waals surface area contributed by atoms with Crippen molar-refractivity contribution in [2.45, 2.75) is 11.8 Å². The van der Waals surface area contributed by atoms with Crippen molar-refractivity contribution in [3.05, 3.63) is 44.6 Å². The maximum atomic E-state index is 12.5. The number of hydrogen-bond donors (Lipinski definition) is 2. The smallest absolute Gasteiger partial charge is 0.263 e. The molecule has 2 aromatic rings. The van der Waals surface area contributed by atoms with Gasteiger partial charge in [0.25, 0.3) is 10.0 Å². The second-order valence-corrected chi connectivity index (χ2v) is 7.44. The Hall–Kier alpha value is -1.02. The minimum Gasteiger partial charge on any atom is -0.398 e. The highest BCUT2D eigenvalue weighted by molar-refractivity contribution is 9.10. The Balaban J connectivity index is 2.54. The Kier molecular flexibility index (Phi) is 4.67. The molecule has 5 nitrogen and oxygen atoms in total. The van der Waals surface area contributed by atoms with Crippen molar-refractivity contribution in [1.82, 2.24) is 4.98 Å². The summed E-state index contributed by atoms with van der Waals surface area (Å²) in [5, 5.41) is 0.273. The first-order valence-electron chi connectivity index (χ1n) is 5.61. The quantitative estimate of drug-likeness (QED) is 0.594. The molecular weight excluding hydrogens is 401 g/mol. The van der Waals surface area contributed by atoms with E-state index in [2.05, 4.69) is 25.6 Å². The van der Waals surface area contributed by atoms with Crippen molar-refractivity contribution < 1.29 is 8.42 Å². The van der Waals surface area contributed by atoms with Crippen molar-refractivity contribution in [3.63, 3.8) is 0 Å². The van der Waals surface area contributed by atoms with Crippen LogP contribution in [-0.4, -0.2) is 13.4 Å². The molecule has 0 aliphatic rings. The minimum atomic E-state index is -3.92. The summed E-state index contributed by atoms with van der Waals surface area (Å²) in [5.74, 6) is 0. The molecule has 0 bridgehead atoms. The van der Waals surface area contributed by atoms with E-state index in [-0.39, 0.29) is 30.9 Å². The number of halogens is 3. The van der Waals surface area contributed by atoms with Crippen LogP contribution in [0, 0.1) is 6.92 Å². The van der Waals surface area contributed by atoms with Crippen LogP contribution in [0.2, 0.25) is 10.2 Å². The van der Waals surface area contributed by atoms with Crippen LogP contribution in [0.15, 0.2) is 33.8 Å². The molecule has 0 saturated heterocycles. The molecule has 0 aliphatic carbocycles. The van der Waals surface area contributed by atoms with E-state index in [1.54, 1.807) is 13.0 Å². The van der Waals surface area contributed by atoms with Gasteiger partial charge in [0.1, 0.15) is 4.90 Å². The van der Waals surface area contributed by atoms with Crippen molar-refractivity contribution in [2.75, 3.05) is 10.5 Å². The SMILES string of the molecule is Cc1ccnc(Cl)c1NS(=O)(=O)c1cc(Cl)cc(N)c1Br. The van der Waals surface area contributed by atoms with Crippen molar-refractivity contribution in [1.29, 1.82) is 0 Å². The molecule has 0 fully saturated rings. The molecule has 0 radical (unpaired) electrons. The van der Waals surface area contributed by atoms with Crippen LogP contribution < -0.4 is 10.5 Å². The summed E-state index contributed by atoms with van der Waals surface area (Å²) in [7, 11) is -3.92. The van der Waals surface area contributed by atoms with Crippen molar-refractivity contribution in [3.8, 4) is 0 Å². The molecule has 0 atom stereocenters. The summed E-state index contributed by atoms with van der Waals surface area (Å²) in [6, 6.07) is 4.39. The summed E-state index contributed by atoms with van der Waals surface area (Å²) < 4.78 is 27.6. The maximum absolute atomic E-state index is 12.5. The van der Waals surface area contributed by atoms with Gasteiger partial charge < -0.3 is 5.73 Å². The van der Waals surface area contributed by atoms with E-state index in [0.717, 1.165) is 0 Å². The van der Waals surface area contributed by atoms with Crippen molar-refractivity contribution >= 4 is 60.5 Å². The zero-order valence-electron chi connectivity index (χ0n) is 10.7. The highest BCUT2D eigenvalue weighted by atomic mass is 79.9. The fourth-order valence-electron chi connectivity index (χ4n) is 1.62. The lowest BCUT2D eigenvalue weighted by Gasteiger charge is -2.13. The maximum Gasteiger partial charge on any atom is 0.263 e. The van der Waals surface area contributed by atoms with Gasteiger partial charge in [-0.3, -0.25) is 4.72 Å². The highest BCUT2D eigenvalue weighted by Gasteiger charge is 2.22. The molecule has 9 heteroatoms. The first-order chi connectivity index (χ1) is 9.72. The molecule has 0 unspecified atom stereocenters. The number of sulfonamides is 1. The third kappa shape index (κ3) is 3.42. The third-order valence-electron chi connectivity index (χ3n) is 2.67. The van der Waals surface area contributed by atoms with Crippen LogP contribution in [0.4, 0.5) is 11.4 Å². The average Bonchev–Trinajstić information content (AvgIpc) is 2.38. The normalized spacial score (nSPS) is 11.4. The summed E-state index contributed by atoms with van der Waals surface area (Å²) >= 11 is 14.9. The number of hydrogen-bond acceptors (Lipinski definition) is 4. The highest BCUT2D eigenvalue weighted by Crippen LogP contribution is 2.34. The molecule has 1 aromatic carbocycles. The van der Waals surface area contributed by atoms with E-state index >= 15 is 0 Å². The van der Waals surface area contributed by atoms with Crippen LogP contribution in [0.3, 0.4) is 0 Å². The van der Waals surface area contributed by atoms with Crippen LogP contribution in [0.5, 0.6) is 0 Å². The molecule has 2 rings (SSSR count).